The lowest BCUT2D eigenvalue weighted by molar-refractivity contribution is 0.342. The van der Waals surface area contributed by atoms with E-state index < -0.39 is 0 Å². The highest BCUT2D eigenvalue weighted by atomic mass is 79.9. The molecule has 0 aromatic heterocycles. The summed E-state index contributed by atoms with van der Waals surface area (Å²) in [6.45, 7) is 5.23. The summed E-state index contributed by atoms with van der Waals surface area (Å²) in [5, 5.41) is 4.22. The molecule has 0 aliphatic heterocycles. The highest BCUT2D eigenvalue weighted by molar-refractivity contribution is 9.10. The average Bonchev–Trinajstić information content (AvgIpc) is 2.94. The van der Waals surface area contributed by atoms with E-state index in [1.807, 2.05) is 13.8 Å². The Kier molecular flexibility index (Phi) is 8.31. The molecule has 5 aromatic rings. The third-order valence-electron chi connectivity index (χ3n) is 6.32. The predicted octanol–water partition coefficient (Wildman–Crippen LogP) is 10.7. The Hall–Kier alpha value is -3.34. The van der Waals surface area contributed by atoms with Crippen molar-refractivity contribution in [1.29, 1.82) is 0 Å². The van der Waals surface area contributed by atoms with Gasteiger partial charge in [-0.1, -0.05) is 92.6 Å². The minimum Gasteiger partial charge on any atom is -0.493 e. The lowest BCUT2D eigenvalue weighted by atomic mass is 9.96. The van der Waals surface area contributed by atoms with Crippen molar-refractivity contribution < 1.29 is 9.47 Å². The third-order valence-corrected chi connectivity index (χ3v) is 7.38. The molecule has 5 rings (SSSR count). The van der Waals surface area contributed by atoms with Crippen molar-refractivity contribution in [2.24, 2.45) is 0 Å². The molecule has 0 unspecified atom stereocenters. The summed E-state index contributed by atoms with van der Waals surface area (Å²) in [5.41, 5.74) is 4.51. The second-order valence-electron chi connectivity index (χ2n) is 8.90. The molecule has 0 atom stereocenters. The van der Waals surface area contributed by atoms with Gasteiger partial charge in [0, 0.05) is 30.5 Å². The Bertz CT molecular complexity index is 1510. The highest BCUT2D eigenvalue weighted by Crippen LogP contribution is 2.44. The Morgan fingerprint density at radius 3 is 1.18 bits per heavy atom. The third kappa shape index (κ3) is 5.87. The van der Waals surface area contributed by atoms with Gasteiger partial charge in [0.1, 0.15) is 11.5 Å². The largest absolute Gasteiger partial charge is 0.493 e. The first kappa shape index (κ1) is 26.3. The molecule has 0 saturated heterocycles. The van der Waals surface area contributed by atoms with Gasteiger partial charge in [0.15, 0.2) is 0 Å². The summed E-state index contributed by atoms with van der Waals surface area (Å²) < 4.78 is 14.7. The van der Waals surface area contributed by atoms with E-state index in [1.165, 1.54) is 0 Å². The Morgan fingerprint density at radius 1 is 0.474 bits per heavy atom. The molecule has 0 bridgehead atoms. The van der Waals surface area contributed by atoms with Crippen LogP contribution < -0.4 is 9.47 Å². The molecule has 0 saturated carbocycles. The molecule has 5 aromatic carbocycles. The predicted molar refractivity (Wildman–Crippen MR) is 170 cm³/mol. The summed E-state index contributed by atoms with van der Waals surface area (Å²) in [5.74, 6) is 1.78. The molecular formula is C34H28Br2O2. The van der Waals surface area contributed by atoms with Gasteiger partial charge in [0.25, 0.3) is 0 Å². The van der Waals surface area contributed by atoms with E-state index in [4.69, 9.17) is 9.47 Å². The van der Waals surface area contributed by atoms with Crippen LogP contribution in [0.15, 0.2) is 93.9 Å². The number of benzene rings is 5. The van der Waals surface area contributed by atoms with Crippen LogP contribution in [0.4, 0.5) is 0 Å². The first-order valence-electron chi connectivity index (χ1n) is 12.7. The molecule has 0 N–H and O–H groups in total. The van der Waals surface area contributed by atoms with Crippen LogP contribution in [0.5, 0.6) is 11.5 Å². The summed E-state index contributed by atoms with van der Waals surface area (Å²) in [7, 11) is 0. The Morgan fingerprint density at radius 2 is 0.816 bits per heavy atom. The quantitative estimate of drug-likeness (QED) is 0.126. The smallest absolute Gasteiger partial charge is 0.135 e. The lowest BCUT2D eigenvalue weighted by Gasteiger charge is -2.18. The summed E-state index contributed by atoms with van der Waals surface area (Å²) in [6.07, 6.45) is 8.53. The molecule has 0 aliphatic carbocycles. The van der Waals surface area contributed by atoms with Crippen LogP contribution in [-0.4, -0.2) is 13.2 Å². The maximum Gasteiger partial charge on any atom is 0.135 e. The van der Waals surface area contributed by atoms with E-state index in [9.17, 15) is 0 Å². The molecule has 0 radical (unpaired) electrons. The highest BCUT2D eigenvalue weighted by Gasteiger charge is 2.16. The van der Waals surface area contributed by atoms with Crippen molar-refractivity contribution in [3.8, 4) is 11.5 Å². The zero-order chi connectivity index (χ0) is 26.5. The number of rotatable bonds is 8. The van der Waals surface area contributed by atoms with E-state index >= 15 is 0 Å². The minimum atomic E-state index is 0.586. The summed E-state index contributed by atoms with van der Waals surface area (Å²) in [4.78, 5) is 0. The first-order valence-corrected chi connectivity index (χ1v) is 14.3. The number of ether oxygens (including phenoxy) is 2. The van der Waals surface area contributed by atoms with Crippen molar-refractivity contribution in [3.63, 3.8) is 0 Å². The topological polar surface area (TPSA) is 18.5 Å². The molecule has 0 spiro atoms. The van der Waals surface area contributed by atoms with Crippen molar-refractivity contribution in [2.45, 2.75) is 13.8 Å². The standard InChI is InChI=1S/C34H28Br2O2/c1-3-37-33-29-19-13-26(8-6-24-11-17-28(36)18-12-24)22-32(29)34(38-4-2)30-20-14-25(21-31(30)33)7-5-23-9-15-27(35)16-10-23/h5-22H,3-4H2,1-2H3. The molecule has 0 amide bonds. The van der Waals surface area contributed by atoms with E-state index in [0.717, 1.165) is 64.2 Å². The van der Waals surface area contributed by atoms with Gasteiger partial charge in [0.05, 0.1) is 13.2 Å². The maximum atomic E-state index is 6.27. The van der Waals surface area contributed by atoms with Crippen molar-refractivity contribution in [2.75, 3.05) is 13.2 Å². The van der Waals surface area contributed by atoms with E-state index in [2.05, 4.69) is 141 Å². The Balaban J connectivity index is 1.61. The summed E-state index contributed by atoms with van der Waals surface area (Å²) >= 11 is 7.00. The van der Waals surface area contributed by atoms with Gasteiger partial charge in [-0.2, -0.15) is 0 Å². The molecule has 0 aliphatic rings. The van der Waals surface area contributed by atoms with Gasteiger partial charge in [-0.05, 0) is 84.6 Å². The monoisotopic (exact) mass is 626 g/mol. The summed E-state index contributed by atoms with van der Waals surface area (Å²) in [6, 6.07) is 29.5. The molecule has 2 nitrogen and oxygen atoms in total. The fourth-order valence-electron chi connectivity index (χ4n) is 4.53. The average molecular weight is 628 g/mol. The van der Waals surface area contributed by atoms with Crippen molar-refractivity contribution in [1.82, 2.24) is 0 Å². The van der Waals surface area contributed by atoms with Gasteiger partial charge in [-0.3, -0.25) is 0 Å². The van der Waals surface area contributed by atoms with Gasteiger partial charge < -0.3 is 9.47 Å². The van der Waals surface area contributed by atoms with Crippen molar-refractivity contribution in [3.05, 3.63) is 116 Å². The molecule has 0 heterocycles. The van der Waals surface area contributed by atoms with Gasteiger partial charge in [0.2, 0.25) is 0 Å². The van der Waals surface area contributed by atoms with Gasteiger partial charge >= 0.3 is 0 Å². The fourth-order valence-corrected chi connectivity index (χ4v) is 5.05. The zero-order valence-corrected chi connectivity index (χ0v) is 24.6. The normalized spacial score (nSPS) is 11.7. The van der Waals surface area contributed by atoms with Crippen LogP contribution in [0.25, 0.3) is 45.8 Å². The van der Waals surface area contributed by atoms with Gasteiger partial charge in [-0.15, -0.1) is 0 Å². The maximum absolute atomic E-state index is 6.27. The first-order chi connectivity index (χ1) is 18.6. The van der Waals surface area contributed by atoms with E-state index in [0.29, 0.717) is 13.2 Å². The Labute approximate surface area is 240 Å². The minimum absolute atomic E-state index is 0.586. The lowest BCUT2D eigenvalue weighted by Crippen LogP contribution is -1.99. The van der Waals surface area contributed by atoms with Crippen LogP contribution >= 0.6 is 31.9 Å². The molecule has 38 heavy (non-hydrogen) atoms. The molecular weight excluding hydrogens is 600 g/mol. The molecule has 4 heteroatoms. The number of hydrogen-bond acceptors (Lipinski definition) is 2. The van der Waals surface area contributed by atoms with Crippen LogP contribution in [0.1, 0.15) is 36.1 Å². The number of hydrogen-bond donors (Lipinski definition) is 0. The van der Waals surface area contributed by atoms with Crippen LogP contribution in [0.3, 0.4) is 0 Å². The van der Waals surface area contributed by atoms with E-state index in [1.54, 1.807) is 0 Å². The van der Waals surface area contributed by atoms with Crippen LogP contribution in [-0.2, 0) is 0 Å². The number of fused-ring (bicyclic) bond motifs is 2. The number of halogens is 2. The van der Waals surface area contributed by atoms with Crippen LogP contribution in [0, 0.1) is 0 Å². The second kappa shape index (κ2) is 12.0. The van der Waals surface area contributed by atoms with E-state index in [-0.39, 0.29) is 0 Å². The SMILES string of the molecule is CCOc1c2ccc(C=Cc3ccc(Br)cc3)cc2c(OCC)c2ccc(C=Cc3ccc(Br)cc3)cc12. The zero-order valence-electron chi connectivity index (χ0n) is 21.4. The van der Waals surface area contributed by atoms with Gasteiger partial charge in [-0.25, -0.2) is 0 Å². The van der Waals surface area contributed by atoms with Crippen LogP contribution in [0.2, 0.25) is 0 Å². The molecule has 190 valence electrons. The fraction of sp³-hybridized carbons (Fsp3) is 0.118. The molecule has 0 fully saturated rings. The second-order valence-corrected chi connectivity index (χ2v) is 10.7. The van der Waals surface area contributed by atoms with Crippen molar-refractivity contribution >= 4 is 77.7 Å².